The van der Waals surface area contributed by atoms with Crippen LogP contribution in [0.3, 0.4) is 0 Å². The van der Waals surface area contributed by atoms with Crippen molar-refractivity contribution in [3.63, 3.8) is 0 Å². The number of likely N-dealkylation sites (N-methyl/N-ethyl adjacent to an activating group) is 1. The molecule has 0 saturated carbocycles. The number of aliphatic imine (C=N–C) groups is 1. The first-order valence-corrected chi connectivity index (χ1v) is 13.5. The maximum atomic E-state index is 14.5. The lowest BCUT2D eigenvalue weighted by molar-refractivity contribution is -0.147. The number of carboxylic acid groups (broad SMARTS) is 1. The quantitative estimate of drug-likeness (QED) is 0.481. The Morgan fingerprint density at radius 2 is 2.13 bits per heavy atom. The van der Waals surface area contributed by atoms with Gasteiger partial charge in [-0.3, -0.25) is 14.7 Å². The highest BCUT2D eigenvalue weighted by atomic mass is 35.5. The molecule has 3 aliphatic heterocycles. The number of benzene rings is 1. The van der Waals surface area contributed by atoms with Crippen molar-refractivity contribution in [2.45, 2.75) is 25.0 Å². The lowest BCUT2D eigenvalue weighted by Gasteiger charge is -2.42. The predicted octanol–water partition coefficient (Wildman–Crippen LogP) is 2.35. The maximum Gasteiger partial charge on any atom is 0.338 e. The van der Waals surface area contributed by atoms with E-state index in [4.69, 9.17) is 21.3 Å². The van der Waals surface area contributed by atoms with Crippen LogP contribution in [0.15, 0.2) is 46.0 Å². The smallest absolute Gasteiger partial charge is 0.338 e. The fraction of sp³-hybridized carbons (Fsp3) is 0.400. The van der Waals surface area contributed by atoms with Crippen LogP contribution in [0.5, 0.6) is 0 Å². The van der Waals surface area contributed by atoms with E-state index < -0.39 is 35.9 Å². The summed E-state index contributed by atoms with van der Waals surface area (Å²) in [5, 5.41) is 15.5. The molecule has 0 radical (unpaired) electrons. The summed E-state index contributed by atoms with van der Waals surface area (Å²) in [7, 11) is 1.64. The molecule has 206 valence electrons. The fourth-order valence-electron chi connectivity index (χ4n) is 5.25. The largest absolute Gasteiger partial charge is 0.480 e. The average Bonchev–Trinajstić information content (AvgIpc) is 3.53. The first-order chi connectivity index (χ1) is 18.7. The number of hydrogen-bond acceptors (Lipinski definition) is 9. The van der Waals surface area contributed by atoms with Gasteiger partial charge in [0, 0.05) is 56.1 Å². The highest BCUT2D eigenvalue weighted by Crippen LogP contribution is 2.38. The molecule has 3 aliphatic rings. The first kappa shape index (κ1) is 27.0. The number of thiazole rings is 1. The monoisotopic (exact) mass is 576 g/mol. The Balaban J connectivity index is 1.60. The van der Waals surface area contributed by atoms with E-state index >= 15 is 0 Å². The van der Waals surface area contributed by atoms with Gasteiger partial charge in [-0.1, -0.05) is 23.7 Å². The number of nitrogens with zero attached hydrogens (tertiary/aromatic N) is 5. The molecule has 0 aliphatic carbocycles. The lowest BCUT2D eigenvalue weighted by atomic mass is 9.94. The molecule has 4 heterocycles. The van der Waals surface area contributed by atoms with Gasteiger partial charge in [-0.05, 0) is 13.0 Å². The van der Waals surface area contributed by atoms with Crippen LogP contribution in [0.25, 0.3) is 0 Å². The van der Waals surface area contributed by atoms with Crippen LogP contribution in [0, 0.1) is 5.82 Å². The van der Waals surface area contributed by atoms with Crippen LogP contribution < -0.4 is 5.32 Å². The second-order valence-corrected chi connectivity index (χ2v) is 10.5. The van der Waals surface area contributed by atoms with Gasteiger partial charge in [-0.2, -0.15) is 0 Å². The van der Waals surface area contributed by atoms with Gasteiger partial charge in [-0.15, -0.1) is 11.3 Å². The molecule has 2 amide bonds. The third-order valence-electron chi connectivity index (χ3n) is 6.97. The van der Waals surface area contributed by atoms with Crippen molar-refractivity contribution in [3.8, 4) is 0 Å². The summed E-state index contributed by atoms with van der Waals surface area (Å²) in [6.45, 7) is 2.58. The molecule has 2 fully saturated rings. The van der Waals surface area contributed by atoms with Crippen LogP contribution in [-0.4, -0.2) is 101 Å². The number of esters is 1. The minimum absolute atomic E-state index is 0.00118. The molecule has 2 saturated heterocycles. The molecule has 1 aromatic carbocycles. The van der Waals surface area contributed by atoms with Gasteiger partial charge in [0.05, 0.1) is 23.2 Å². The number of rotatable bonds is 7. The molecule has 11 nitrogen and oxygen atoms in total. The number of aliphatic carboxylic acids is 1. The summed E-state index contributed by atoms with van der Waals surface area (Å²) in [6, 6.07) is 1.43. The second kappa shape index (κ2) is 10.9. The Morgan fingerprint density at radius 1 is 1.33 bits per heavy atom. The Kier molecular flexibility index (Phi) is 7.56. The van der Waals surface area contributed by atoms with E-state index in [0.717, 1.165) is 0 Å². The van der Waals surface area contributed by atoms with Crippen molar-refractivity contribution in [1.82, 2.24) is 25.0 Å². The molecule has 2 aromatic rings. The number of amidine groups is 1. The third kappa shape index (κ3) is 4.97. The Bertz CT molecular complexity index is 1370. The Labute approximate surface area is 232 Å². The van der Waals surface area contributed by atoms with E-state index in [1.807, 2.05) is 0 Å². The van der Waals surface area contributed by atoms with Crippen molar-refractivity contribution in [2.24, 2.45) is 4.99 Å². The van der Waals surface area contributed by atoms with E-state index in [1.54, 1.807) is 41.4 Å². The van der Waals surface area contributed by atoms with E-state index in [9.17, 15) is 23.9 Å². The van der Waals surface area contributed by atoms with Crippen LogP contribution in [0.1, 0.15) is 23.5 Å². The minimum Gasteiger partial charge on any atom is -0.480 e. The van der Waals surface area contributed by atoms with Gasteiger partial charge >= 0.3 is 18.0 Å². The SMILES string of the molecule is CCOC(=O)C1=C(CN2CCN3C(=O)N(C)C[C@@H]3[C@H]2C(=O)O)NC(c2nccs2)=N[C@H]1c1cccc(F)c1Cl. The highest BCUT2D eigenvalue weighted by Gasteiger charge is 2.49. The fourth-order valence-corrected chi connectivity index (χ4v) is 6.06. The summed E-state index contributed by atoms with van der Waals surface area (Å²) in [6.07, 6.45) is 1.60. The first-order valence-electron chi connectivity index (χ1n) is 12.3. The number of hydrogen-bond donors (Lipinski definition) is 2. The minimum atomic E-state index is -1.08. The molecule has 1 aromatic heterocycles. The maximum absolute atomic E-state index is 14.5. The van der Waals surface area contributed by atoms with Gasteiger partial charge in [0.15, 0.2) is 10.8 Å². The van der Waals surface area contributed by atoms with Crippen LogP contribution in [-0.2, 0) is 14.3 Å². The Morgan fingerprint density at radius 3 is 2.82 bits per heavy atom. The molecule has 14 heteroatoms. The summed E-state index contributed by atoms with van der Waals surface area (Å²) in [5.41, 5.74) is 0.697. The predicted molar refractivity (Wildman–Crippen MR) is 141 cm³/mol. The van der Waals surface area contributed by atoms with E-state index in [0.29, 0.717) is 23.1 Å². The summed E-state index contributed by atoms with van der Waals surface area (Å²) >= 11 is 7.67. The number of amides is 2. The van der Waals surface area contributed by atoms with Gasteiger partial charge in [-0.25, -0.2) is 19.0 Å². The number of aromatic nitrogens is 1. The molecule has 39 heavy (non-hydrogen) atoms. The number of ether oxygens (including phenoxy) is 1. The highest BCUT2D eigenvalue weighted by molar-refractivity contribution is 7.11. The van der Waals surface area contributed by atoms with E-state index in [1.165, 1.54) is 28.4 Å². The van der Waals surface area contributed by atoms with Crippen LogP contribution in [0.4, 0.5) is 9.18 Å². The average molecular weight is 577 g/mol. The van der Waals surface area contributed by atoms with E-state index in [2.05, 4.69) is 10.3 Å². The number of fused-ring (bicyclic) bond motifs is 1. The zero-order valence-electron chi connectivity index (χ0n) is 21.1. The molecule has 5 rings (SSSR count). The van der Waals surface area contributed by atoms with Gasteiger partial charge < -0.3 is 25.0 Å². The standard InChI is InChI=1S/C25H26ClFN6O5S/c1-3-38-24(36)17-15(11-32-8-9-33-16(20(32)23(34)35)12-31(2)25(33)37)29-21(22-28-7-10-39-22)30-19(17)13-5-4-6-14(27)18(13)26/h4-7,10,16,19-20H,3,8-9,11-12H2,1-2H3,(H,29,30)(H,34,35)/t16-,19+,20+/m1/s1. The number of carboxylic acids is 1. The van der Waals surface area contributed by atoms with Crippen molar-refractivity contribution in [3.05, 3.63) is 62.5 Å². The molecule has 0 spiro atoms. The normalized spacial score (nSPS) is 23.4. The number of carbonyl (C=O) groups excluding carboxylic acids is 2. The number of nitrogens with one attached hydrogen (secondary N) is 1. The van der Waals surface area contributed by atoms with Gasteiger partial charge in [0.25, 0.3) is 0 Å². The van der Waals surface area contributed by atoms with Gasteiger partial charge in [0.2, 0.25) is 0 Å². The molecule has 3 atom stereocenters. The molecule has 0 unspecified atom stereocenters. The summed E-state index contributed by atoms with van der Waals surface area (Å²) in [4.78, 5) is 52.2. The van der Waals surface area contributed by atoms with Crippen molar-refractivity contribution < 1.29 is 28.6 Å². The number of carbonyl (C=O) groups is 3. The molecular formula is C25H26ClFN6O5S. The van der Waals surface area contributed by atoms with Crippen LogP contribution in [0.2, 0.25) is 5.02 Å². The lowest BCUT2D eigenvalue weighted by Crippen LogP contribution is -2.62. The zero-order valence-corrected chi connectivity index (χ0v) is 22.7. The third-order valence-corrected chi connectivity index (χ3v) is 8.14. The molecular weight excluding hydrogens is 551 g/mol. The number of piperazine rings is 1. The summed E-state index contributed by atoms with van der Waals surface area (Å²) < 4.78 is 19.9. The van der Waals surface area contributed by atoms with Crippen molar-refractivity contribution >= 4 is 46.7 Å². The summed E-state index contributed by atoms with van der Waals surface area (Å²) in [5.74, 6) is -2.10. The van der Waals surface area contributed by atoms with Crippen molar-refractivity contribution in [1.29, 1.82) is 0 Å². The Hall–Kier alpha value is -3.55. The second-order valence-electron chi connectivity index (χ2n) is 9.28. The van der Waals surface area contributed by atoms with Gasteiger partial charge in [0.1, 0.15) is 17.9 Å². The molecule has 0 bridgehead atoms. The van der Waals surface area contributed by atoms with E-state index in [-0.39, 0.29) is 48.4 Å². The van der Waals surface area contributed by atoms with Crippen molar-refractivity contribution in [2.75, 3.05) is 39.8 Å². The number of halogens is 2. The topological polar surface area (TPSA) is 128 Å². The van der Waals surface area contributed by atoms with Crippen LogP contribution >= 0.6 is 22.9 Å². The molecule has 2 N–H and O–H groups in total. The zero-order chi connectivity index (χ0) is 27.8. The number of urea groups is 1.